The molecular formula is C11H17N3O6. The molecule has 0 fully saturated rings. The van der Waals surface area contributed by atoms with Crippen molar-refractivity contribution >= 4 is 12.1 Å². The highest BCUT2D eigenvalue weighted by molar-refractivity contribution is 5.67. The zero-order valence-electron chi connectivity index (χ0n) is 11.5. The number of rotatable bonds is 5. The van der Waals surface area contributed by atoms with Crippen LogP contribution in [-0.4, -0.2) is 39.1 Å². The van der Waals surface area contributed by atoms with Gasteiger partial charge in [0.25, 0.3) is 0 Å². The van der Waals surface area contributed by atoms with E-state index >= 15 is 0 Å². The SMILES string of the molecule is CC(C)(C)OC(=O)NCCc1nn(CC(=O)O)c(=O)o1. The molecule has 0 spiro atoms. The van der Waals surface area contributed by atoms with Crippen LogP contribution in [0.5, 0.6) is 0 Å². The molecule has 112 valence electrons. The average Bonchev–Trinajstić information content (AvgIpc) is 2.55. The number of carbonyl (C=O) groups excluding carboxylic acids is 1. The fourth-order valence-corrected chi connectivity index (χ4v) is 1.26. The average molecular weight is 287 g/mol. The molecular weight excluding hydrogens is 270 g/mol. The highest BCUT2D eigenvalue weighted by atomic mass is 16.6. The minimum absolute atomic E-state index is 0.0484. The summed E-state index contributed by atoms with van der Waals surface area (Å²) in [6.45, 7) is 4.79. The van der Waals surface area contributed by atoms with Crippen LogP contribution in [0.1, 0.15) is 26.7 Å². The van der Waals surface area contributed by atoms with Gasteiger partial charge in [0.1, 0.15) is 12.1 Å². The third-order valence-corrected chi connectivity index (χ3v) is 1.94. The zero-order valence-corrected chi connectivity index (χ0v) is 11.5. The second-order valence-electron chi connectivity index (χ2n) is 4.99. The van der Waals surface area contributed by atoms with Crippen molar-refractivity contribution < 1.29 is 23.8 Å². The number of carboxylic acid groups (broad SMARTS) is 1. The van der Waals surface area contributed by atoms with Gasteiger partial charge in [-0.15, -0.1) is 5.10 Å². The first kappa shape index (κ1) is 15.7. The van der Waals surface area contributed by atoms with E-state index in [2.05, 4.69) is 10.4 Å². The smallest absolute Gasteiger partial charge is 0.437 e. The van der Waals surface area contributed by atoms with Crippen LogP contribution in [-0.2, 0) is 22.5 Å². The number of aliphatic carboxylic acids is 1. The maximum Gasteiger partial charge on any atom is 0.437 e. The predicted octanol–water partition coefficient (Wildman–Crippen LogP) is -0.0119. The Morgan fingerprint density at radius 3 is 2.65 bits per heavy atom. The van der Waals surface area contributed by atoms with Gasteiger partial charge in [-0.1, -0.05) is 0 Å². The lowest BCUT2D eigenvalue weighted by Gasteiger charge is -2.19. The summed E-state index contributed by atoms with van der Waals surface area (Å²) in [7, 11) is 0. The van der Waals surface area contributed by atoms with Crippen molar-refractivity contribution in [2.24, 2.45) is 0 Å². The summed E-state index contributed by atoms with van der Waals surface area (Å²) < 4.78 is 10.5. The molecule has 1 heterocycles. The van der Waals surface area contributed by atoms with Gasteiger partial charge in [0.05, 0.1) is 0 Å². The molecule has 0 aromatic carbocycles. The van der Waals surface area contributed by atoms with Gasteiger partial charge in [-0.05, 0) is 20.8 Å². The normalized spacial score (nSPS) is 11.2. The molecule has 0 radical (unpaired) electrons. The summed E-state index contributed by atoms with van der Waals surface area (Å²) in [5.74, 6) is -1.99. The van der Waals surface area contributed by atoms with Gasteiger partial charge in [-0.25, -0.2) is 9.59 Å². The number of nitrogens with one attached hydrogen (secondary N) is 1. The van der Waals surface area contributed by atoms with E-state index in [0.717, 1.165) is 0 Å². The maximum absolute atomic E-state index is 11.3. The molecule has 0 aliphatic carbocycles. The minimum atomic E-state index is -1.20. The van der Waals surface area contributed by atoms with E-state index in [0.29, 0.717) is 4.68 Å². The van der Waals surface area contributed by atoms with Crippen LogP contribution in [0.3, 0.4) is 0 Å². The van der Waals surface area contributed by atoms with Crippen molar-refractivity contribution in [1.82, 2.24) is 15.1 Å². The predicted molar refractivity (Wildman–Crippen MR) is 66.3 cm³/mol. The molecule has 0 saturated carbocycles. The van der Waals surface area contributed by atoms with Crippen LogP contribution >= 0.6 is 0 Å². The van der Waals surface area contributed by atoms with E-state index in [1.807, 2.05) is 0 Å². The summed E-state index contributed by atoms with van der Waals surface area (Å²) in [6, 6.07) is 0. The van der Waals surface area contributed by atoms with Gasteiger partial charge in [-0.3, -0.25) is 4.79 Å². The van der Waals surface area contributed by atoms with Gasteiger partial charge < -0.3 is 19.6 Å². The fraction of sp³-hybridized carbons (Fsp3) is 0.636. The van der Waals surface area contributed by atoms with E-state index in [1.54, 1.807) is 20.8 Å². The van der Waals surface area contributed by atoms with Crippen molar-refractivity contribution in [3.63, 3.8) is 0 Å². The Morgan fingerprint density at radius 2 is 2.10 bits per heavy atom. The monoisotopic (exact) mass is 287 g/mol. The van der Waals surface area contributed by atoms with E-state index in [-0.39, 0.29) is 18.9 Å². The summed E-state index contributed by atoms with van der Waals surface area (Å²) in [6.07, 6.45) is -0.439. The molecule has 0 aliphatic rings. The Labute approximate surface area is 114 Å². The Morgan fingerprint density at radius 1 is 1.45 bits per heavy atom. The van der Waals surface area contributed by atoms with Gasteiger partial charge in [-0.2, -0.15) is 4.68 Å². The van der Waals surface area contributed by atoms with Crippen LogP contribution in [0.25, 0.3) is 0 Å². The molecule has 1 aromatic heterocycles. The molecule has 1 rings (SSSR count). The van der Waals surface area contributed by atoms with E-state index in [4.69, 9.17) is 14.3 Å². The van der Waals surface area contributed by atoms with E-state index in [1.165, 1.54) is 0 Å². The topological polar surface area (TPSA) is 124 Å². The van der Waals surface area contributed by atoms with Gasteiger partial charge >= 0.3 is 17.8 Å². The molecule has 0 unspecified atom stereocenters. The number of hydrogen-bond acceptors (Lipinski definition) is 6. The van der Waals surface area contributed by atoms with Crippen LogP contribution < -0.4 is 11.1 Å². The van der Waals surface area contributed by atoms with Crippen molar-refractivity contribution in [1.29, 1.82) is 0 Å². The van der Waals surface area contributed by atoms with Crippen LogP contribution in [0.4, 0.5) is 4.79 Å². The standard InChI is InChI=1S/C11H17N3O6/c1-11(2,3)20-9(17)12-5-4-7-13-14(6-8(15)16)10(18)19-7/h4-6H2,1-3H3,(H,12,17)(H,15,16). The van der Waals surface area contributed by atoms with E-state index in [9.17, 15) is 14.4 Å². The zero-order chi connectivity index (χ0) is 15.3. The quantitative estimate of drug-likeness (QED) is 0.780. The molecule has 1 aromatic rings. The lowest BCUT2D eigenvalue weighted by atomic mass is 10.2. The third-order valence-electron chi connectivity index (χ3n) is 1.94. The number of ether oxygens (including phenoxy) is 1. The first-order chi connectivity index (χ1) is 9.17. The lowest BCUT2D eigenvalue weighted by molar-refractivity contribution is -0.138. The van der Waals surface area contributed by atoms with Crippen LogP contribution in [0.15, 0.2) is 9.21 Å². The Kier molecular flexibility index (Phi) is 4.89. The molecule has 9 heteroatoms. The largest absolute Gasteiger partial charge is 0.480 e. The third kappa shape index (κ3) is 5.55. The molecule has 1 amide bonds. The Balaban J connectivity index is 2.45. The molecule has 9 nitrogen and oxygen atoms in total. The Hall–Kier alpha value is -2.32. The van der Waals surface area contributed by atoms with Crippen molar-refractivity contribution in [2.45, 2.75) is 39.3 Å². The first-order valence-electron chi connectivity index (χ1n) is 5.93. The summed E-state index contributed by atoms with van der Waals surface area (Å²) >= 11 is 0. The molecule has 0 bridgehead atoms. The number of alkyl carbamates (subject to hydrolysis) is 1. The number of amides is 1. The van der Waals surface area contributed by atoms with Crippen LogP contribution in [0, 0.1) is 0 Å². The van der Waals surface area contributed by atoms with Gasteiger partial charge in [0.2, 0.25) is 5.89 Å². The summed E-state index contributed by atoms with van der Waals surface area (Å²) in [4.78, 5) is 33.0. The Bertz CT molecular complexity index is 539. The lowest BCUT2D eigenvalue weighted by Crippen LogP contribution is -2.33. The molecule has 0 aliphatic heterocycles. The number of hydrogen-bond donors (Lipinski definition) is 2. The van der Waals surface area contributed by atoms with Gasteiger partial charge in [0.15, 0.2) is 0 Å². The molecule has 2 N–H and O–H groups in total. The highest BCUT2D eigenvalue weighted by Gasteiger charge is 2.16. The number of carbonyl (C=O) groups is 2. The number of aromatic nitrogens is 2. The summed E-state index contributed by atoms with van der Waals surface area (Å²) in [5.41, 5.74) is -0.598. The van der Waals surface area contributed by atoms with Crippen molar-refractivity contribution in [3.05, 3.63) is 16.4 Å². The van der Waals surface area contributed by atoms with Crippen LogP contribution in [0.2, 0.25) is 0 Å². The second kappa shape index (κ2) is 6.22. The highest BCUT2D eigenvalue weighted by Crippen LogP contribution is 2.06. The second-order valence-corrected chi connectivity index (χ2v) is 4.99. The van der Waals surface area contributed by atoms with E-state index < -0.39 is 30.0 Å². The first-order valence-corrected chi connectivity index (χ1v) is 5.93. The maximum atomic E-state index is 11.3. The number of nitrogens with zero attached hydrogens (tertiary/aromatic N) is 2. The van der Waals surface area contributed by atoms with Crippen molar-refractivity contribution in [2.75, 3.05) is 6.54 Å². The summed E-state index contributed by atoms with van der Waals surface area (Å²) in [5, 5.41) is 14.7. The minimum Gasteiger partial charge on any atom is -0.480 e. The fourth-order valence-electron chi connectivity index (χ4n) is 1.26. The van der Waals surface area contributed by atoms with Crippen molar-refractivity contribution in [3.8, 4) is 0 Å². The number of carboxylic acids is 1. The van der Waals surface area contributed by atoms with Gasteiger partial charge in [0, 0.05) is 13.0 Å². The molecule has 20 heavy (non-hydrogen) atoms. The molecule has 0 saturated heterocycles. The molecule has 0 atom stereocenters.